The molecule has 0 fully saturated rings. The summed E-state index contributed by atoms with van der Waals surface area (Å²) in [5.41, 5.74) is 3.30. The SMILES string of the molecule is COc1nsc(NC(=O)N(c2ccc(C)cc2OCC(C)C)C(C(=O)ON(Cc2nsc(NC(=O)Nc3ccc(C)cc3OCC(C)C)n2)S(C)(=O)=O)c2nsc(NC(=O)Nc3ccc(C)cc3OCC(C)C)n2)n1. The lowest BCUT2D eigenvalue weighted by Gasteiger charge is -2.31. The second-order valence-electron chi connectivity index (χ2n) is 18.1. The van der Waals surface area contributed by atoms with Crippen LogP contribution in [-0.2, 0) is 26.2 Å². The van der Waals surface area contributed by atoms with E-state index < -0.39 is 52.5 Å². The minimum absolute atomic E-state index is 0.00200. The maximum absolute atomic E-state index is 15.0. The number of amides is 6. The average molecular weight is 1110 g/mol. The van der Waals surface area contributed by atoms with E-state index in [9.17, 15) is 22.8 Å². The summed E-state index contributed by atoms with van der Waals surface area (Å²) in [7, 11) is -3.14. The lowest BCUT2D eigenvalue weighted by atomic mass is 10.1. The minimum Gasteiger partial charge on any atom is -0.491 e. The molecule has 6 amide bonds. The number of nitrogens with zero attached hydrogens (tertiary/aromatic N) is 8. The Bertz CT molecular complexity index is 3070. The second kappa shape index (κ2) is 25.8. The molecule has 6 rings (SSSR count). The molecule has 0 aliphatic carbocycles. The number of aryl methyl sites for hydroxylation is 3. The molecule has 0 saturated heterocycles. The number of benzene rings is 3. The highest BCUT2D eigenvalue weighted by Gasteiger charge is 2.42. The van der Waals surface area contributed by atoms with Gasteiger partial charge in [-0.05, 0) is 96.1 Å². The van der Waals surface area contributed by atoms with Gasteiger partial charge in [0.2, 0.25) is 25.4 Å². The molecule has 0 aliphatic heterocycles. The Labute approximate surface area is 446 Å². The number of aromatic nitrogens is 6. The van der Waals surface area contributed by atoms with Gasteiger partial charge >= 0.3 is 30.1 Å². The predicted octanol–water partition coefficient (Wildman–Crippen LogP) is 9.27. The van der Waals surface area contributed by atoms with Crippen molar-refractivity contribution in [3.8, 4) is 23.3 Å². The topological polar surface area (TPSA) is 293 Å². The van der Waals surface area contributed by atoms with E-state index >= 15 is 4.79 Å². The maximum Gasteiger partial charge on any atom is 0.357 e. The van der Waals surface area contributed by atoms with E-state index in [1.54, 1.807) is 55.5 Å². The summed E-state index contributed by atoms with van der Waals surface area (Å²) in [4.78, 5) is 76.1. The number of carbonyl (C=O) groups is 4. The van der Waals surface area contributed by atoms with E-state index in [-0.39, 0.29) is 63.0 Å². The molecule has 75 heavy (non-hydrogen) atoms. The van der Waals surface area contributed by atoms with E-state index in [4.69, 9.17) is 23.8 Å². The highest BCUT2D eigenvalue weighted by molar-refractivity contribution is 7.88. The number of hydrogen-bond donors (Lipinski definition) is 5. The molecule has 0 bridgehead atoms. The van der Waals surface area contributed by atoms with E-state index in [2.05, 4.69) is 54.7 Å². The summed E-state index contributed by atoms with van der Waals surface area (Å²) in [5.74, 6) is -0.522. The summed E-state index contributed by atoms with van der Waals surface area (Å²) in [6, 6.07) is 10.8. The molecule has 402 valence electrons. The lowest BCUT2D eigenvalue weighted by Crippen LogP contribution is -2.45. The van der Waals surface area contributed by atoms with Crippen molar-refractivity contribution in [1.82, 2.24) is 32.5 Å². The Morgan fingerprint density at radius 1 is 0.613 bits per heavy atom. The van der Waals surface area contributed by atoms with Crippen molar-refractivity contribution in [3.05, 3.63) is 82.9 Å². The van der Waals surface area contributed by atoms with Gasteiger partial charge in [0.05, 0.1) is 50.2 Å². The van der Waals surface area contributed by atoms with E-state index in [0.717, 1.165) is 50.9 Å². The molecule has 3 heterocycles. The number of hydrogen-bond acceptors (Lipinski definition) is 20. The third-order valence-corrected chi connectivity index (χ3v) is 12.7. The summed E-state index contributed by atoms with van der Waals surface area (Å²) in [6.45, 7) is 17.6. The number of anilines is 6. The molecule has 6 aromatic rings. The van der Waals surface area contributed by atoms with Crippen LogP contribution in [0.15, 0.2) is 54.6 Å². The van der Waals surface area contributed by atoms with Gasteiger partial charge in [0.1, 0.15) is 23.8 Å². The third kappa shape index (κ3) is 16.6. The quantitative estimate of drug-likeness (QED) is 0.0373. The van der Waals surface area contributed by atoms with Crippen molar-refractivity contribution in [1.29, 1.82) is 0 Å². The highest BCUT2D eigenvalue weighted by atomic mass is 32.2. The Morgan fingerprint density at radius 3 is 1.61 bits per heavy atom. The van der Waals surface area contributed by atoms with Crippen LogP contribution in [-0.4, -0.2) is 98.2 Å². The predicted molar refractivity (Wildman–Crippen MR) is 287 cm³/mol. The maximum atomic E-state index is 15.0. The zero-order valence-corrected chi connectivity index (χ0v) is 46.3. The van der Waals surface area contributed by atoms with Gasteiger partial charge in [-0.15, -0.1) is 4.37 Å². The summed E-state index contributed by atoms with van der Waals surface area (Å²) in [6.07, 6.45) is 0.773. The number of nitrogens with one attached hydrogen (secondary N) is 5. The van der Waals surface area contributed by atoms with Gasteiger partial charge in [0.25, 0.3) is 0 Å². The number of rotatable bonds is 23. The first-order valence-electron chi connectivity index (χ1n) is 23.2. The normalized spacial score (nSPS) is 11.8. The van der Waals surface area contributed by atoms with Crippen LogP contribution in [0.4, 0.5) is 46.8 Å². The molecule has 0 radical (unpaired) electrons. The molecule has 3 aromatic heterocycles. The van der Waals surface area contributed by atoms with E-state index in [0.29, 0.717) is 52.1 Å². The molecule has 0 spiro atoms. The summed E-state index contributed by atoms with van der Waals surface area (Å²) >= 11 is 2.16. The van der Waals surface area contributed by atoms with E-state index in [1.165, 1.54) is 13.2 Å². The third-order valence-electron chi connectivity index (χ3n) is 9.79. The first-order chi connectivity index (χ1) is 35.5. The van der Waals surface area contributed by atoms with Crippen molar-refractivity contribution < 1.29 is 51.4 Å². The number of sulfonamides is 1. The van der Waals surface area contributed by atoms with Gasteiger partial charge in [0, 0.05) is 34.6 Å². The van der Waals surface area contributed by atoms with Gasteiger partial charge in [-0.3, -0.25) is 20.9 Å². The molecule has 1 unspecified atom stereocenters. The van der Waals surface area contributed by atoms with Crippen LogP contribution < -0.4 is 50.4 Å². The number of hydroxylamine groups is 1. The minimum atomic E-state index is -4.48. The Kier molecular flexibility index (Phi) is 19.6. The average Bonchev–Trinajstić information content (AvgIpc) is 4.11. The zero-order valence-electron chi connectivity index (χ0n) is 43.0. The molecule has 5 N–H and O–H groups in total. The molecular weight excluding hydrogens is 1050 g/mol. The van der Waals surface area contributed by atoms with Crippen LogP contribution >= 0.6 is 34.6 Å². The summed E-state index contributed by atoms with van der Waals surface area (Å²) in [5, 5.41) is 13.1. The van der Waals surface area contributed by atoms with Crippen LogP contribution in [0.1, 0.15) is 75.9 Å². The summed E-state index contributed by atoms with van der Waals surface area (Å²) < 4.78 is 63.2. The number of ether oxygens (including phenoxy) is 4. The number of methoxy groups -OCH3 is 1. The van der Waals surface area contributed by atoms with Gasteiger partial charge in [-0.2, -0.15) is 13.7 Å². The Balaban J connectivity index is 1.34. The lowest BCUT2D eigenvalue weighted by molar-refractivity contribution is -0.173. The van der Waals surface area contributed by atoms with Gasteiger partial charge in [-0.1, -0.05) is 59.7 Å². The van der Waals surface area contributed by atoms with Crippen molar-refractivity contribution >= 4 is 101 Å². The monoisotopic (exact) mass is 1110 g/mol. The van der Waals surface area contributed by atoms with Crippen LogP contribution in [0.5, 0.6) is 23.3 Å². The molecule has 1 atom stereocenters. The number of carbonyl (C=O) groups excluding carboxylic acids is 4. The zero-order chi connectivity index (χ0) is 54.6. The van der Waals surface area contributed by atoms with Crippen molar-refractivity contribution in [3.63, 3.8) is 0 Å². The molecular formula is C47H59N13O11S4. The highest BCUT2D eigenvalue weighted by Crippen LogP contribution is 2.38. The van der Waals surface area contributed by atoms with Crippen LogP contribution in [0.2, 0.25) is 0 Å². The van der Waals surface area contributed by atoms with Gasteiger partial charge < -0.3 is 34.4 Å². The molecule has 0 aliphatic rings. The number of urea groups is 3. The Morgan fingerprint density at radius 2 is 1.09 bits per heavy atom. The fourth-order valence-corrected chi connectivity index (χ4v) is 8.61. The molecule has 28 heteroatoms. The van der Waals surface area contributed by atoms with E-state index in [1.807, 2.05) is 55.4 Å². The van der Waals surface area contributed by atoms with Gasteiger partial charge in [0.15, 0.2) is 17.7 Å². The van der Waals surface area contributed by atoms with Crippen LogP contribution in [0, 0.1) is 38.5 Å². The molecule has 3 aromatic carbocycles. The fraction of sp³-hybridized carbons (Fsp3) is 0.404. The van der Waals surface area contributed by atoms with Crippen molar-refractivity contribution in [2.45, 2.75) is 74.9 Å². The van der Waals surface area contributed by atoms with Crippen molar-refractivity contribution in [2.24, 2.45) is 17.8 Å². The largest absolute Gasteiger partial charge is 0.491 e. The standard InChI is InChI=1S/C47H59N13O11S4/c1-25(2)22-68-34-18-28(7)12-15-31(34)48-41(62)52-44-50-37(56-72-44)21-59(75(11,65)66)71-40(61)38(39-51-45(73-57-39)53-42(63)49-32-16-13-29(8)19-35(32)69-23-26(3)4)60(47(64)55-46-54-43(67-10)58-74-46)33-17-14-30(9)20-36(33)70-24-27(5)6/h12-20,25-27,38H,21-24H2,1-11H3,(H,54,55,58,64)(H2,48,50,52,56,62)(H2,49,51,53,57,63). The molecule has 24 nitrogen and oxygen atoms in total. The molecule has 0 saturated carbocycles. The second-order valence-corrected chi connectivity index (χ2v) is 22.3. The van der Waals surface area contributed by atoms with Crippen LogP contribution in [0.3, 0.4) is 0 Å². The van der Waals surface area contributed by atoms with Crippen molar-refractivity contribution in [2.75, 3.05) is 64.7 Å². The fourth-order valence-electron chi connectivity index (χ4n) is 6.35. The first-order valence-corrected chi connectivity index (χ1v) is 27.4. The first kappa shape index (κ1) is 57.0. The Hall–Kier alpha value is -7.27. The van der Waals surface area contributed by atoms with Gasteiger partial charge in [-0.25, -0.2) is 37.6 Å². The smallest absolute Gasteiger partial charge is 0.357 e. The van der Waals surface area contributed by atoms with Crippen LogP contribution in [0.25, 0.3) is 0 Å².